The highest BCUT2D eigenvalue weighted by Gasteiger charge is 2.38. The fraction of sp³-hybridized carbons (Fsp3) is 0.483. The number of carboxylic acid groups (broad SMARTS) is 1. The summed E-state index contributed by atoms with van der Waals surface area (Å²) < 4.78 is 53.6. The van der Waals surface area contributed by atoms with Crippen molar-refractivity contribution >= 4 is 28.9 Å². The summed E-state index contributed by atoms with van der Waals surface area (Å²) in [5, 5.41) is 7.12. The molecule has 224 valence electrons. The summed E-state index contributed by atoms with van der Waals surface area (Å²) in [6, 6.07) is 12.2. The van der Waals surface area contributed by atoms with E-state index in [1.54, 1.807) is 24.3 Å². The molecule has 0 bridgehead atoms. The van der Waals surface area contributed by atoms with Crippen LogP contribution in [0.4, 0.5) is 23.5 Å². The number of hydrogen-bond donors (Lipinski definition) is 2. The first-order valence-corrected chi connectivity index (χ1v) is 13.7. The second-order valence-electron chi connectivity index (χ2n) is 10.1. The van der Waals surface area contributed by atoms with Gasteiger partial charge in [-0.1, -0.05) is 44.7 Å². The van der Waals surface area contributed by atoms with Crippen LogP contribution in [0.15, 0.2) is 42.5 Å². The number of fused-ring (bicyclic) bond motifs is 1. The van der Waals surface area contributed by atoms with Gasteiger partial charge < -0.3 is 25.0 Å². The molecule has 1 atom stereocenters. The molecule has 12 heteroatoms. The molecule has 1 aliphatic carbocycles. The number of carboxylic acids is 1. The van der Waals surface area contributed by atoms with E-state index in [0.29, 0.717) is 30.6 Å². The number of para-hydroxylation sites is 1. The van der Waals surface area contributed by atoms with E-state index in [2.05, 4.69) is 11.9 Å². The first-order chi connectivity index (χ1) is 19.4. The SMILES string of the molecule is CCCC(CCC(=O)N(C)C1CCCCC1)n1c(N)nc2ccc(Oc3ccccc3F)cc21.O=C(O)C(F)(F)F. The number of amides is 1. The van der Waals surface area contributed by atoms with Crippen LogP contribution >= 0.6 is 0 Å². The van der Waals surface area contributed by atoms with Gasteiger partial charge in [0.25, 0.3) is 0 Å². The van der Waals surface area contributed by atoms with Crippen LogP contribution in [-0.4, -0.2) is 50.7 Å². The predicted molar refractivity (Wildman–Crippen MR) is 147 cm³/mol. The maximum absolute atomic E-state index is 14.1. The van der Waals surface area contributed by atoms with Gasteiger partial charge in [-0.15, -0.1) is 0 Å². The van der Waals surface area contributed by atoms with Gasteiger partial charge >= 0.3 is 12.1 Å². The molecule has 1 fully saturated rings. The zero-order valence-corrected chi connectivity index (χ0v) is 23.2. The number of benzene rings is 2. The molecule has 8 nitrogen and oxygen atoms in total. The van der Waals surface area contributed by atoms with Crippen molar-refractivity contribution in [3.05, 3.63) is 48.3 Å². The standard InChI is InChI=1S/C27H35FN4O2.C2HF3O2/c1-3-9-20(14-17-26(33)31(2)19-10-5-4-6-11-19)32-24-18-21(15-16-23(24)30-27(32)29)34-25-13-8-7-12-22(25)28;3-2(4,5)1(6)7/h7-8,12-13,15-16,18-20H,3-6,9-11,14,17H2,1-2H3,(H2,29,30);(H,6,7). The zero-order chi connectivity index (χ0) is 30.2. The third-order valence-electron chi connectivity index (χ3n) is 7.19. The normalized spacial score (nSPS) is 14.7. The number of ether oxygens (including phenoxy) is 1. The minimum Gasteiger partial charge on any atom is -0.475 e. The molecule has 3 aromatic rings. The molecule has 3 N–H and O–H groups in total. The van der Waals surface area contributed by atoms with Crippen LogP contribution < -0.4 is 10.5 Å². The smallest absolute Gasteiger partial charge is 0.475 e. The van der Waals surface area contributed by atoms with Crippen LogP contribution in [0.5, 0.6) is 11.5 Å². The fourth-order valence-corrected chi connectivity index (χ4v) is 5.07. The molecular weight excluding hydrogens is 544 g/mol. The van der Waals surface area contributed by atoms with E-state index < -0.39 is 18.0 Å². The van der Waals surface area contributed by atoms with Gasteiger partial charge in [-0.3, -0.25) is 4.79 Å². The number of rotatable bonds is 9. The number of anilines is 1. The number of aromatic nitrogens is 2. The molecule has 1 amide bonds. The van der Waals surface area contributed by atoms with Crippen LogP contribution in [0, 0.1) is 5.82 Å². The fourth-order valence-electron chi connectivity index (χ4n) is 5.07. The van der Waals surface area contributed by atoms with E-state index in [1.807, 2.05) is 28.6 Å². The average molecular weight is 581 g/mol. The number of aliphatic carboxylic acids is 1. The molecule has 4 rings (SSSR count). The van der Waals surface area contributed by atoms with E-state index in [9.17, 15) is 22.4 Å². The van der Waals surface area contributed by atoms with Gasteiger partial charge in [0.15, 0.2) is 11.6 Å². The number of nitrogens with two attached hydrogens (primary N) is 1. The van der Waals surface area contributed by atoms with Gasteiger partial charge in [0, 0.05) is 31.6 Å². The summed E-state index contributed by atoms with van der Waals surface area (Å²) in [6.07, 6.45) is 3.81. The Morgan fingerprint density at radius 3 is 2.41 bits per heavy atom. The lowest BCUT2D eigenvalue weighted by Crippen LogP contribution is -2.38. The minimum atomic E-state index is -5.08. The van der Waals surface area contributed by atoms with Gasteiger partial charge in [0.1, 0.15) is 5.75 Å². The number of halogens is 4. The maximum Gasteiger partial charge on any atom is 0.490 e. The van der Waals surface area contributed by atoms with Crippen LogP contribution in [0.2, 0.25) is 0 Å². The number of carbonyl (C=O) groups is 2. The van der Waals surface area contributed by atoms with Crippen molar-refractivity contribution in [3.8, 4) is 11.5 Å². The van der Waals surface area contributed by atoms with Gasteiger partial charge in [0.2, 0.25) is 11.9 Å². The van der Waals surface area contributed by atoms with E-state index in [0.717, 1.165) is 36.7 Å². The second-order valence-corrected chi connectivity index (χ2v) is 10.1. The maximum atomic E-state index is 14.1. The van der Waals surface area contributed by atoms with Crippen LogP contribution in [0.25, 0.3) is 11.0 Å². The van der Waals surface area contributed by atoms with Crippen LogP contribution in [-0.2, 0) is 9.59 Å². The third-order valence-corrected chi connectivity index (χ3v) is 7.19. The van der Waals surface area contributed by atoms with Crippen molar-refractivity contribution in [3.63, 3.8) is 0 Å². The zero-order valence-electron chi connectivity index (χ0n) is 23.2. The summed E-state index contributed by atoms with van der Waals surface area (Å²) in [5.41, 5.74) is 7.94. The molecule has 1 aliphatic rings. The van der Waals surface area contributed by atoms with Gasteiger partial charge in [-0.25, -0.2) is 14.2 Å². The molecular formula is C29H36F4N4O4. The van der Waals surface area contributed by atoms with E-state index in [-0.39, 0.29) is 17.7 Å². The Labute approximate surface area is 236 Å². The highest BCUT2D eigenvalue weighted by Crippen LogP contribution is 2.33. The molecule has 1 saturated carbocycles. The highest BCUT2D eigenvalue weighted by atomic mass is 19.4. The molecule has 0 aliphatic heterocycles. The van der Waals surface area contributed by atoms with Gasteiger partial charge in [-0.2, -0.15) is 13.2 Å². The van der Waals surface area contributed by atoms with Gasteiger partial charge in [-0.05, 0) is 49.9 Å². The third kappa shape index (κ3) is 8.58. The Bertz CT molecular complexity index is 1320. The molecule has 0 spiro atoms. The number of imidazole rings is 1. The Morgan fingerprint density at radius 1 is 1.15 bits per heavy atom. The van der Waals surface area contributed by atoms with E-state index in [1.165, 1.54) is 25.3 Å². The van der Waals surface area contributed by atoms with Gasteiger partial charge in [0.05, 0.1) is 11.0 Å². The molecule has 1 unspecified atom stereocenters. The Hall–Kier alpha value is -3.83. The average Bonchev–Trinajstić information content (AvgIpc) is 3.26. The van der Waals surface area contributed by atoms with E-state index >= 15 is 0 Å². The minimum absolute atomic E-state index is 0.0439. The predicted octanol–water partition coefficient (Wildman–Crippen LogP) is 7.10. The quantitative estimate of drug-likeness (QED) is 0.261. The first-order valence-electron chi connectivity index (χ1n) is 13.7. The second kappa shape index (κ2) is 14.2. The van der Waals surface area contributed by atoms with Crippen LogP contribution in [0.1, 0.15) is 70.8 Å². The number of nitrogen functional groups attached to an aromatic ring is 1. The van der Waals surface area contributed by atoms with Crippen molar-refractivity contribution in [2.24, 2.45) is 0 Å². The Morgan fingerprint density at radius 2 is 1.80 bits per heavy atom. The highest BCUT2D eigenvalue weighted by molar-refractivity contribution is 5.80. The lowest BCUT2D eigenvalue weighted by Gasteiger charge is -2.32. The Balaban J connectivity index is 0.000000587. The van der Waals surface area contributed by atoms with Crippen LogP contribution in [0.3, 0.4) is 0 Å². The van der Waals surface area contributed by atoms with Crippen molar-refractivity contribution < 1.29 is 37.0 Å². The molecule has 0 saturated heterocycles. The monoisotopic (exact) mass is 580 g/mol. The first kappa shape index (κ1) is 31.7. The Kier molecular flexibility index (Phi) is 11.0. The van der Waals surface area contributed by atoms with Crippen molar-refractivity contribution in [1.82, 2.24) is 14.5 Å². The summed E-state index contributed by atoms with van der Waals surface area (Å²) in [4.78, 5) is 28.4. The molecule has 1 heterocycles. The molecule has 41 heavy (non-hydrogen) atoms. The summed E-state index contributed by atoms with van der Waals surface area (Å²) >= 11 is 0. The molecule has 1 aromatic heterocycles. The van der Waals surface area contributed by atoms with Crippen molar-refractivity contribution in [2.75, 3.05) is 12.8 Å². The molecule has 0 radical (unpaired) electrons. The topological polar surface area (TPSA) is 111 Å². The lowest BCUT2D eigenvalue weighted by molar-refractivity contribution is -0.192. The lowest BCUT2D eigenvalue weighted by atomic mass is 9.94. The van der Waals surface area contributed by atoms with E-state index in [4.69, 9.17) is 20.4 Å². The molecule has 2 aromatic carbocycles. The van der Waals surface area contributed by atoms with Crippen molar-refractivity contribution in [2.45, 2.75) is 83.0 Å². The number of alkyl halides is 3. The largest absolute Gasteiger partial charge is 0.490 e. The number of hydrogen-bond acceptors (Lipinski definition) is 5. The van der Waals surface area contributed by atoms with Crippen molar-refractivity contribution in [1.29, 1.82) is 0 Å². The number of nitrogens with zero attached hydrogens (tertiary/aromatic N) is 3. The summed E-state index contributed by atoms with van der Waals surface area (Å²) in [7, 11) is 1.94. The summed E-state index contributed by atoms with van der Waals surface area (Å²) in [5.74, 6) is -1.87. The number of carbonyl (C=O) groups excluding carboxylic acids is 1. The summed E-state index contributed by atoms with van der Waals surface area (Å²) in [6.45, 7) is 2.13.